The van der Waals surface area contributed by atoms with E-state index in [1.165, 1.54) is 0 Å². The van der Waals surface area contributed by atoms with E-state index in [1.807, 2.05) is 37.1 Å². The second kappa shape index (κ2) is 7.44. The lowest BCUT2D eigenvalue weighted by atomic mass is 10.0. The molecule has 0 saturated carbocycles. The van der Waals surface area contributed by atoms with Gasteiger partial charge >= 0.3 is 0 Å². The van der Waals surface area contributed by atoms with E-state index < -0.39 is 0 Å². The zero-order valence-electron chi connectivity index (χ0n) is 15.2. The summed E-state index contributed by atoms with van der Waals surface area (Å²) >= 11 is 0. The second-order valence-corrected chi connectivity index (χ2v) is 7.01. The van der Waals surface area contributed by atoms with Crippen molar-refractivity contribution in [3.05, 3.63) is 23.8 Å². The number of nitrogens with one attached hydrogen (secondary N) is 1. The van der Waals surface area contributed by atoms with E-state index in [0.717, 1.165) is 37.2 Å². The summed E-state index contributed by atoms with van der Waals surface area (Å²) < 4.78 is 5.40. The van der Waals surface area contributed by atoms with Gasteiger partial charge in [-0.05, 0) is 50.6 Å². The maximum Gasteiger partial charge on any atom is 0.228 e. The first-order chi connectivity index (χ1) is 12.0. The van der Waals surface area contributed by atoms with E-state index in [1.54, 1.807) is 12.0 Å². The van der Waals surface area contributed by atoms with Gasteiger partial charge in [0.05, 0.1) is 18.7 Å². The predicted octanol–water partition coefficient (Wildman–Crippen LogP) is 1.57. The third-order valence-corrected chi connectivity index (χ3v) is 5.30. The van der Waals surface area contributed by atoms with Gasteiger partial charge < -0.3 is 19.9 Å². The normalized spacial score (nSPS) is 21.5. The van der Waals surface area contributed by atoms with Crippen molar-refractivity contribution in [1.82, 2.24) is 10.2 Å². The molecular weight excluding hydrogens is 318 g/mol. The number of benzene rings is 1. The van der Waals surface area contributed by atoms with E-state index in [9.17, 15) is 9.59 Å². The van der Waals surface area contributed by atoms with Crippen LogP contribution in [0, 0.1) is 12.8 Å². The SMILES string of the molecule is COc1ccc(C)cc1N1CC(C(=O)N(C)C2CCNCC2)CC1=O. The van der Waals surface area contributed by atoms with Gasteiger partial charge in [0, 0.05) is 26.1 Å². The molecule has 3 rings (SSSR count). The molecule has 2 aliphatic heterocycles. The lowest BCUT2D eigenvalue weighted by molar-refractivity contribution is -0.137. The van der Waals surface area contributed by atoms with Gasteiger partial charge in [-0.3, -0.25) is 9.59 Å². The number of hydrogen-bond acceptors (Lipinski definition) is 4. The van der Waals surface area contributed by atoms with Crippen molar-refractivity contribution >= 4 is 17.5 Å². The number of aryl methyl sites for hydroxylation is 1. The van der Waals surface area contributed by atoms with Gasteiger partial charge in [0.15, 0.2) is 0 Å². The molecule has 2 heterocycles. The van der Waals surface area contributed by atoms with Crippen molar-refractivity contribution in [1.29, 1.82) is 0 Å². The molecule has 0 bridgehead atoms. The quantitative estimate of drug-likeness (QED) is 0.900. The lowest BCUT2D eigenvalue weighted by Crippen LogP contribution is -2.46. The van der Waals surface area contributed by atoms with Crippen LogP contribution in [0.15, 0.2) is 18.2 Å². The fraction of sp³-hybridized carbons (Fsp3) is 0.579. The van der Waals surface area contributed by atoms with Crippen molar-refractivity contribution in [2.75, 3.05) is 38.7 Å². The summed E-state index contributed by atoms with van der Waals surface area (Å²) in [5.41, 5.74) is 1.82. The Morgan fingerprint density at radius 3 is 2.72 bits per heavy atom. The van der Waals surface area contributed by atoms with Gasteiger partial charge in [-0.1, -0.05) is 6.07 Å². The molecule has 2 aliphatic rings. The van der Waals surface area contributed by atoms with E-state index >= 15 is 0 Å². The van der Waals surface area contributed by atoms with Crippen molar-refractivity contribution < 1.29 is 14.3 Å². The van der Waals surface area contributed by atoms with Crippen LogP contribution in [0.5, 0.6) is 5.75 Å². The topological polar surface area (TPSA) is 61.9 Å². The summed E-state index contributed by atoms with van der Waals surface area (Å²) in [6.45, 7) is 4.29. The van der Waals surface area contributed by atoms with Crippen LogP contribution in [0.4, 0.5) is 5.69 Å². The monoisotopic (exact) mass is 345 g/mol. The highest BCUT2D eigenvalue weighted by molar-refractivity contribution is 6.01. The number of anilines is 1. The molecule has 1 aromatic carbocycles. The average Bonchev–Trinajstić information content (AvgIpc) is 3.02. The minimum absolute atomic E-state index is 0.0130. The molecule has 0 aromatic heterocycles. The first-order valence-electron chi connectivity index (χ1n) is 8.93. The Morgan fingerprint density at radius 2 is 2.04 bits per heavy atom. The minimum atomic E-state index is -0.280. The summed E-state index contributed by atoms with van der Waals surface area (Å²) in [5.74, 6) is 0.451. The van der Waals surface area contributed by atoms with Gasteiger partial charge in [0.2, 0.25) is 11.8 Å². The molecule has 1 unspecified atom stereocenters. The van der Waals surface area contributed by atoms with Crippen LogP contribution in [0.25, 0.3) is 0 Å². The van der Waals surface area contributed by atoms with Crippen molar-refractivity contribution in [2.45, 2.75) is 32.2 Å². The number of amides is 2. The zero-order valence-corrected chi connectivity index (χ0v) is 15.2. The van der Waals surface area contributed by atoms with Crippen molar-refractivity contribution in [3.63, 3.8) is 0 Å². The van der Waals surface area contributed by atoms with Crippen molar-refractivity contribution in [2.24, 2.45) is 5.92 Å². The summed E-state index contributed by atoms with van der Waals surface area (Å²) in [6, 6.07) is 6.04. The van der Waals surface area contributed by atoms with E-state index in [0.29, 0.717) is 12.3 Å². The van der Waals surface area contributed by atoms with Crippen LogP contribution in [0.3, 0.4) is 0 Å². The maximum atomic E-state index is 12.9. The summed E-state index contributed by atoms with van der Waals surface area (Å²) in [5, 5.41) is 3.32. The largest absolute Gasteiger partial charge is 0.495 e. The molecule has 0 aliphatic carbocycles. The molecule has 136 valence electrons. The Balaban J connectivity index is 1.74. The highest BCUT2D eigenvalue weighted by Gasteiger charge is 2.38. The Bertz CT molecular complexity index is 655. The van der Waals surface area contributed by atoms with Gasteiger partial charge in [-0.2, -0.15) is 0 Å². The fourth-order valence-electron chi connectivity index (χ4n) is 3.78. The van der Waals surface area contributed by atoms with Crippen LogP contribution in [0.1, 0.15) is 24.8 Å². The molecule has 2 amide bonds. The molecular formula is C19H27N3O3. The number of rotatable bonds is 4. The Hall–Kier alpha value is -2.08. The first kappa shape index (κ1) is 17.7. The average molecular weight is 345 g/mol. The molecule has 2 fully saturated rings. The standard InChI is InChI=1S/C19H27N3O3/c1-13-4-5-17(25-3)16(10-13)22-12-14(11-18(22)23)19(24)21(2)15-6-8-20-9-7-15/h4-5,10,14-15,20H,6-9,11-12H2,1-3H3. The maximum absolute atomic E-state index is 12.9. The second-order valence-electron chi connectivity index (χ2n) is 7.01. The smallest absolute Gasteiger partial charge is 0.228 e. The number of carbonyl (C=O) groups is 2. The highest BCUT2D eigenvalue weighted by Crippen LogP contribution is 2.34. The van der Waals surface area contributed by atoms with Gasteiger partial charge in [-0.15, -0.1) is 0 Å². The van der Waals surface area contributed by atoms with Crippen LogP contribution in [0.2, 0.25) is 0 Å². The van der Waals surface area contributed by atoms with E-state index in [-0.39, 0.29) is 30.2 Å². The number of methoxy groups -OCH3 is 1. The number of ether oxygens (including phenoxy) is 1. The van der Waals surface area contributed by atoms with E-state index in [4.69, 9.17) is 4.74 Å². The Kier molecular flexibility index (Phi) is 5.27. The molecule has 1 atom stereocenters. The van der Waals surface area contributed by atoms with Gasteiger partial charge in [0.25, 0.3) is 0 Å². The molecule has 1 aromatic rings. The third kappa shape index (κ3) is 3.63. The molecule has 0 spiro atoms. The molecule has 6 nitrogen and oxygen atoms in total. The minimum Gasteiger partial charge on any atom is -0.495 e. The molecule has 25 heavy (non-hydrogen) atoms. The van der Waals surface area contributed by atoms with Gasteiger partial charge in [-0.25, -0.2) is 0 Å². The zero-order chi connectivity index (χ0) is 18.0. The molecule has 0 radical (unpaired) electrons. The predicted molar refractivity (Wildman–Crippen MR) is 96.9 cm³/mol. The lowest BCUT2D eigenvalue weighted by Gasteiger charge is -2.33. The molecule has 6 heteroatoms. The van der Waals surface area contributed by atoms with Crippen LogP contribution in [-0.4, -0.2) is 56.5 Å². The van der Waals surface area contributed by atoms with E-state index in [2.05, 4.69) is 5.32 Å². The summed E-state index contributed by atoms with van der Waals surface area (Å²) in [7, 11) is 3.47. The van der Waals surface area contributed by atoms with Crippen molar-refractivity contribution in [3.8, 4) is 5.75 Å². The summed E-state index contributed by atoms with van der Waals surface area (Å²) in [4.78, 5) is 29.0. The number of hydrogen-bond donors (Lipinski definition) is 1. The number of piperidine rings is 1. The van der Waals surface area contributed by atoms with Crippen LogP contribution >= 0.6 is 0 Å². The van der Waals surface area contributed by atoms with Gasteiger partial charge in [0.1, 0.15) is 5.75 Å². The molecule has 1 N–H and O–H groups in total. The highest BCUT2D eigenvalue weighted by atomic mass is 16.5. The summed E-state index contributed by atoms with van der Waals surface area (Å²) in [6.07, 6.45) is 2.21. The van der Waals surface area contributed by atoms with Crippen LogP contribution in [-0.2, 0) is 9.59 Å². The number of nitrogens with zero attached hydrogens (tertiary/aromatic N) is 2. The first-order valence-corrected chi connectivity index (χ1v) is 8.93. The Labute approximate surface area is 149 Å². The third-order valence-electron chi connectivity index (χ3n) is 5.30. The molecule has 2 saturated heterocycles. The Morgan fingerprint density at radius 1 is 1.32 bits per heavy atom. The fourth-order valence-corrected chi connectivity index (χ4v) is 3.78. The number of carbonyl (C=O) groups excluding carboxylic acids is 2. The van der Waals surface area contributed by atoms with Crippen LogP contribution < -0.4 is 15.0 Å².